The van der Waals surface area contributed by atoms with E-state index in [4.69, 9.17) is 18.9 Å². The van der Waals surface area contributed by atoms with Crippen molar-refractivity contribution in [2.24, 2.45) is 0 Å². The summed E-state index contributed by atoms with van der Waals surface area (Å²) in [5, 5.41) is 0. The topological polar surface area (TPSA) is 74.3 Å². The highest BCUT2D eigenvalue weighted by Gasteiger charge is 2.29. The quantitative estimate of drug-likeness (QED) is 0.0610. The van der Waals surface area contributed by atoms with E-state index in [0.717, 1.165) is 56.6 Å². The van der Waals surface area contributed by atoms with E-state index in [1.165, 1.54) is 111 Å². The van der Waals surface area contributed by atoms with E-state index in [-0.39, 0.29) is 17.4 Å². The number of methoxy groups -OCH3 is 2. The number of hydrogen-bond acceptors (Lipinski definition) is 7. The van der Waals surface area contributed by atoms with Gasteiger partial charge in [-0.05, 0) is 175 Å². The van der Waals surface area contributed by atoms with Gasteiger partial charge in [-0.2, -0.15) is 0 Å². The van der Waals surface area contributed by atoms with E-state index in [2.05, 4.69) is 154 Å². The molecule has 2 fully saturated rings. The average molecular weight is 988 g/mol. The normalized spacial score (nSPS) is 14.3. The minimum atomic E-state index is -0.339. The molecule has 74 heavy (non-hydrogen) atoms. The molecular weight excluding hydrogens is 915 g/mol. The number of anilines is 3. The molecule has 0 N–H and O–H groups in total. The third-order valence-corrected chi connectivity index (χ3v) is 14.9. The van der Waals surface area contributed by atoms with E-state index in [9.17, 15) is 9.59 Å². The number of nitrogens with zero attached hydrogens (tertiary/aromatic N) is 1. The molecule has 0 amide bonds. The van der Waals surface area contributed by atoms with Crippen molar-refractivity contribution in [2.45, 2.75) is 123 Å². The van der Waals surface area contributed by atoms with Gasteiger partial charge in [0.15, 0.2) is 0 Å². The number of carbonyl (C=O) groups excluding carboxylic acids is 2. The van der Waals surface area contributed by atoms with Crippen LogP contribution in [0.3, 0.4) is 0 Å². The Morgan fingerprint density at radius 1 is 0.486 bits per heavy atom. The lowest BCUT2D eigenvalue weighted by Crippen LogP contribution is -2.21. The van der Waals surface area contributed by atoms with Gasteiger partial charge in [0.25, 0.3) is 0 Å². The maximum atomic E-state index is 11.8. The van der Waals surface area contributed by atoms with Crippen LogP contribution in [-0.4, -0.2) is 26.2 Å². The highest BCUT2D eigenvalue weighted by atomic mass is 16.5. The highest BCUT2D eigenvalue weighted by Crippen LogP contribution is 2.44. The van der Waals surface area contributed by atoms with E-state index in [1.807, 2.05) is 42.5 Å². The molecule has 9 rings (SSSR count). The molecule has 0 atom stereocenters. The first-order chi connectivity index (χ1) is 35.8. The van der Waals surface area contributed by atoms with Crippen LogP contribution in [0.4, 0.5) is 17.1 Å². The van der Waals surface area contributed by atoms with Gasteiger partial charge in [0, 0.05) is 36.3 Å². The van der Waals surface area contributed by atoms with Gasteiger partial charge < -0.3 is 23.8 Å². The van der Waals surface area contributed by atoms with Gasteiger partial charge in [0.1, 0.15) is 23.0 Å². The van der Waals surface area contributed by atoms with Crippen molar-refractivity contribution in [1.82, 2.24) is 0 Å². The molecule has 7 heteroatoms. The van der Waals surface area contributed by atoms with Crippen LogP contribution >= 0.6 is 0 Å². The summed E-state index contributed by atoms with van der Waals surface area (Å²) < 4.78 is 22.0. The molecule has 0 unspecified atom stereocenters. The molecule has 0 saturated heterocycles. The van der Waals surface area contributed by atoms with Crippen LogP contribution in [0, 0.1) is 13.8 Å². The second-order valence-corrected chi connectivity index (χ2v) is 20.6. The lowest BCUT2D eigenvalue weighted by Gasteiger charge is -2.31. The van der Waals surface area contributed by atoms with Gasteiger partial charge in [-0.3, -0.25) is 9.59 Å². The van der Waals surface area contributed by atoms with Gasteiger partial charge in [-0.1, -0.05) is 148 Å². The molecule has 7 aromatic rings. The number of aryl methyl sites for hydroxylation is 2. The summed E-state index contributed by atoms with van der Waals surface area (Å²) in [5.41, 5.74) is 14.9. The number of rotatable bonds is 14. The van der Waals surface area contributed by atoms with Crippen LogP contribution in [-0.2, 0) is 15.0 Å². The molecule has 2 saturated carbocycles. The van der Waals surface area contributed by atoms with Crippen molar-refractivity contribution in [3.63, 3.8) is 0 Å². The van der Waals surface area contributed by atoms with Gasteiger partial charge in [-0.25, -0.2) is 0 Å². The summed E-state index contributed by atoms with van der Waals surface area (Å²) in [6.45, 7) is 11.7. The molecule has 2 aliphatic rings. The Balaban J connectivity index is 0.000000202. The Morgan fingerprint density at radius 2 is 0.905 bits per heavy atom. The Labute approximate surface area is 440 Å². The summed E-state index contributed by atoms with van der Waals surface area (Å²) in [6, 6.07) is 54.7. The molecule has 7 aromatic carbocycles. The number of hydrogen-bond donors (Lipinski definition) is 0. The fourth-order valence-corrected chi connectivity index (χ4v) is 10.6. The molecule has 2 aliphatic carbocycles. The first-order valence-electron chi connectivity index (χ1n) is 26.5. The minimum Gasteiger partial charge on any atom is -0.497 e. The third kappa shape index (κ3) is 13.2. The second-order valence-electron chi connectivity index (χ2n) is 20.6. The zero-order chi connectivity index (χ0) is 52.2. The lowest BCUT2D eigenvalue weighted by molar-refractivity contribution is -0.132. The average Bonchev–Trinajstić information content (AvgIpc) is 3.42. The van der Waals surface area contributed by atoms with Crippen molar-refractivity contribution in [3.8, 4) is 23.0 Å². The largest absolute Gasteiger partial charge is 0.497 e. The maximum Gasteiger partial charge on any atom is 0.308 e. The molecule has 0 radical (unpaired) electrons. The van der Waals surface area contributed by atoms with Crippen molar-refractivity contribution in [1.29, 1.82) is 0 Å². The standard InChI is InChI=1S/C37H33NO3.C30H40O3/c1-26-5-15-32(16-6-26)38(33-17-7-27(2)8-18-33)34-19-9-29(10-20-34)25-37(30-11-21-35(40-4)22-12-30)31-13-23-36(24-14-31)41-28(3)39;1-21(31)33-29-18-16-25(20-27(29)23-13-9-6-10-14-23)30(2,3)24-15-17-28(32-4)26(19-24)22-11-7-5-8-12-22/h5-25H,1-4H3;15-20,22-23H,5-14H2,1-4H3. The predicted octanol–water partition coefficient (Wildman–Crippen LogP) is 17.3. The van der Waals surface area contributed by atoms with E-state index >= 15 is 0 Å². The molecule has 382 valence electrons. The Morgan fingerprint density at radius 3 is 1.34 bits per heavy atom. The van der Waals surface area contributed by atoms with Crippen LogP contribution < -0.4 is 23.8 Å². The molecule has 0 heterocycles. The molecule has 7 nitrogen and oxygen atoms in total. The van der Waals surface area contributed by atoms with Crippen LogP contribution in [0.25, 0.3) is 11.6 Å². The molecule has 0 bridgehead atoms. The smallest absolute Gasteiger partial charge is 0.308 e. The summed E-state index contributed by atoms with van der Waals surface area (Å²) >= 11 is 0. The summed E-state index contributed by atoms with van der Waals surface area (Å²) in [5.74, 6) is 3.56. The molecular formula is C67H73NO6. The van der Waals surface area contributed by atoms with Crippen molar-refractivity contribution >= 4 is 40.6 Å². The summed E-state index contributed by atoms with van der Waals surface area (Å²) in [6.07, 6.45) is 14.8. The number of ether oxygens (including phenoxy) is 4. The van der Waals surface area contributed by atoms with Gasteiger partial charge in [-0.15, -0.1) is 0 Å². The van der Waals surface area contributed by atoms with E-state index < -0.39 is 0 Å². The number of benzene rings is 7. The molecule has 0 aliphatic heterocycles. The van der Waals surface area contributed by atoms with Crippen molar-refractivity contribution in [2.75, 3.05) is 19.1 Å². The first kappa shape index (κ1) is 52.9. The zero-order valence-corrected chi connectivity index (χ0v) is 44.7. The number of carbonyl (C=O) groups is 2. The number of esters is 2. The predicted molar refractivity (Wildman–Crippen MR) is 303 cm³/mol. The Hall–Kier alpha value is -7.38. The van der Waals surface area contributed by atoms with E-state index in [0.29, 0.717) is 17.6 Å². The van der Waals surface area contributed by atoms with Crippen molar-refractivity contribution < 1.29 is 28.5 Å². The van der Waals surface area contributed by atoms with Crippen LogP contribution in [0.2, 0.25) is 0 Å². The Kier molecular flexibility index (Phi) is 17.6. The van der Waals surface area contributed by atoms with E-state index in [1.54, 1.807) is 14.2 Å². The molecule has 0 aromatic heterocycles. The monoisotopic (exact) mass is 988 g/mol. The Bertz CT molecular complexity index is 2950. The third-order valence-electron chi connectivity index (χ3n) is 14.9. The summed E-state index contributed by atoms with van der Waals surface area (Å²) in [4.78, 5) is 25.4. The summed E-state index contributed by atoms with van der Waals surface area (Å²) in [7, 11) is 3.45. The fourth-order valence-electron chi connectivity index (χ4n) is 10.6. The minimum absolute atomic E-state index is 0.159. The van der Waals surface area contributed by atoms with Crippen LogP contribution in [0.15, 0.2) is 158 Å². The zero-order valence-electron chi connectivity index (χ0n) is 44.7. The SMILES string of the molecule is COc1ccc(C(=Cc2ccc(N(c3ccc(C)cc3)c3ccc(C)cc3)cc2)c2ccc(OC(C)=O)cc2)cc1.COc1ccc(C(C)(C)c2ccc(OC(C)=O)c(C3CCCCC3)c2)cc1C1CCCCC1. The van der Waals surface area contributed by atoms with Gasteiger partial charge in [0.2, 0.25) is 0 Å². The van der Waals surface area contributed by atoms with Gasteiger partial charge in [0.05, 0.1) is 14.2 Å². The van der Waals surface area contributed by atoms with Gasteiger partial charge >= 0.3 is 11.9 Å². The maximum absolute atomic E-state index is 11.8. The highest BCUT2D eigenvalue weighted by molar-refractivity contribution is 5.92. The van der Waals surface area contributed by atoms with Crippen LogP contribution in [0.5, 0.6) is 23.0 Å². The fraction of sp³-hybridized carbons (Fsp3) is 0.313. The molecule has 0 spiro atoms. The van der Waals surface area contributed by atoms with Crippen LogP contribution in [0.1, 0.15) is 154 Å². The lowest BCUT2D eigenvalue weighted by atomic mass is 9.74. The van der Waals surface area contributed by atoms with Crippen molar-refractivity contribution in [3.05, 3.63) is 208 Å². The first-order valence-corrected chi connectivity index (χ1v) is 26.5. The second kappa shape index (κ2) is 24.6.